The van der Waals surface area contributed by atoms with E-state index in [1.54, 1.807) is 29.0 Å². The van der Waals surface area contributed by atoms with Gasteiger partial charge in [-0.25, -0.2) is 9.78 Å². The van der Waals surface area contributed by atoms with Gasteiger partial charge in [0, 0.05) is 43.2 Å². The fraction of sp³-hybridized carbons (Fsp3) is 0.452. The molecule has 1 fully saturated rings. The van der Waals surface area contributed by atoms with Crippen molar-refractivity contribution >= 4 is 23.0 Å². The van der Waals surface area contributed by atoms with Crippen LogP contribution in [-0.4, -0.2) is 63.7 Å². The number of benzene rings is 2. The van der Waals surface area contributed by atoms with Crippen LogP contribution in [0.1, 0.15) is 80.4 Å². The molecule has 1 saturated heterocycles. The molecule has 0 aliphatic carbocycles. The van der Waals surface area contributed by atoms with E-state index < -0.39 is 18.3 Å². The fourth-order valence-corrected chi connectivity index (χ4v) is 5.59. The van der Waals surface area contributed by atoms with Gasteiger partial charge in [-0.05, 0) is 51.1 Å². The second-order valence-electron chi connectivity index (χ2n) is 11.2. The predicted molar refractivity (Wildman–Crippen MR) is 150 cm³/mol. The maximum absolute atomic E-state index is 13.3. The van der Waals surface area contributed by atoms with E-state index in [-0.39, 0.29) is 29.7 Å². The molecule has 41 heavy (non-hydrogen) atoms. The molecule has 10 heteroatoms. The molecule has 0 spiro atoms. The van der Waals surface area contributed by atoms with Crippen LogP contribution in [0.15, 0.2) is 36.4 Å². The van der Waals surface area contributed by atoms with Crippen molar-refractivity contribution in [3.8, 4) is 17.6 Å². The maximum Gasteiger partial charge on any atom is 0.410 e. The Hall–Kier alpha value is -4.13. The highest BCUT2D eigenvalue weighted by atomic mass is 19.3. The first kappa shape index (κ1) is 28.4. The zero-order valence-corrected chi connectivity index (χ0v) is 24.1. The molecule has 6 rings (SSSR count). The number of nitrogens with zero attached hydrogens (tertiary/aromatic N) is 4. The van der Waals surface area contributed by atoms with Crippen molar-refractivity contribution in [1.29, 1.82) is 0 Å². The molecule has 2 aromatic carbocycles. The van der Waals surface area contributed by atoms with Crippen molar-refractivity contribution in [2.45, 2.75) is 65.3 Å². The number of likely N-dealkylation sites (tertiary alicyclic amines) is 1. The molecular weight excluding hydrogens is 530 g/mol. The molecule has 4 heterocycles. The summed E-state index contributed by atoms with van der Waals surface area (Å²) >= 11 is 0. The van der Waals surface area contributed by atoms with Crippen molar-refractivity contribution in [3.63, 3.8) is 0 Å². The Bertz CT molecular complexity index is 1560. The minimum Gasteiger partial charge on any atom is -0.444 e. The van der Waals surface area contributed by atoms with Gasteiger partial charge in [-0.15, -0.1) is 0 Å². The number of amides is 2. The summed E-state index contributed by atoms with van der Waals surface area (Å²) in [5, 5.41) is 0. The lowest BCUT2D eigenvalue weighted by atomic mass is 9.97. The lowest BCUT2D eigenvalue weighted by Gasteiger charge is -2.37. The zero-order chi connectivity index (χ0) is 29.6. The van der Waals surface area contributed by atoms with E-state index in [0.29, 0.717) is 36.5 Å². The lowest BCUT2D eigenvalue weighted by Crippen LogP contribution is -2.51. The standard InChI is InChI=1S/C29H28F2N4O4.C2H6/c1-29(2,3)39-28(37)34-14-17(15-34)9-8-16-10-11-19-20(12-16)35-21-13-22(25(35)32-19)33(4)26(36)18-6-5-7-23(24(18)21)38-27(30)31;1-2/h5-7,10-12,17,21-22,27H,13-15H2,1-4H3;1-2H3. The number of carbonyl (C=O) groups is 2. The molecule has 0 saturated carbocycles. The highest BCUT2D eigenvalue weighted by Crippen LogP contribution is 2.50. The van der Waals surface area contributed by atoms with E-state index in [0.717, 1.165) is 16.6 Å². The zero-order valence-electron chi connectivity index (χ0n) is 24.1. The van der Waals surface area contributed by atoms with E-state index in [1.165, 1.54) is 6.07 Å². The van der Waals surface area contributed by atoms with Gasteiger partial charge in [-0.2, -0.15) is 8.78 Å². The van der Waals surface area contributed by atoms with E-state index in [2.05, 4.69) is 11.8 Å². The summed E-state index contributed by atoms with van der Waals surface area (Å²) in [7, 11) is 1.71. The highest BCUT2D eigenvalue weighted by Gasteiger charge is 2.45. The van der Waals surface area contributed by atoms with Crippen molar-refractivity contribution in [1.82, 2.24) is 19.4 Å². The number of hydrogen-bond donors (Lipinski definition) is 0. The Balaban J connectivity index is 0.00000165. The van der Waals surface area contributed by atoms with Crippen LogP contribution in [0, 0.1) is 17.8 Å². The monoisotopic (exact) mass is 564 g/mol. The van der Waals surface area contributed by atoms with E-state index in [9.17, 15) is 18.4 Å². The number of halogens is 2. The smallest absolute Gasteiger partial charge is 0.410 e. The number of aromatic nitrogens is 2. The largest absolute Gasteiger partial charge is 0.444 e. The van der Waals surface area contributed by atoms with Gasteiger partial charge in [-0.1, -0.05) is 31.8 Å². The summed E-state index contributed by atoms with van der Waals surface area (Å²) in [6.45, 7) is 7.52. The van der Waals surface area contributed by atoms with Gasteiger partial charge >= 0.3 is 12.7 Å². The number of imidazole rings is 1. The summed E-state index contributed by atoms with van der Waals surface area (Å²) in [6.07, 6.45) is 0.174. The van der Waals surface area contributed by atoms with Crippen LogP contribution >= 0.6 is 0 Å². The minimum atomic E-state index is -3.01. The van der Waals surface area contributed by atoms with Gasteiger partial charge in [-0.3, -0.25) is 4.79 Å². The highest BCUT2D eigenvalue weighted by molar-refractivity contribution is 5.97. The molecule has 0 N–H and O–H groups in total. The first-order valence-corrected chi connectivity index (χ1v) is 13.9. The van der Waals surface area contributed by atoms with Crippen LogP contribution in [0.3, 0.4) is 0 Å². The molecule has 216 valence electrons. The Kier molecular flexibility index (Phi) is 7.41. The molecule has 8 nitrogen and oxygen atoms in total. The third kappa shape index (κ3) is 5.21. The third-order valence-electron chi connectivity index (χ3n) is 7.36. The number of carbonyl (C=O) groups excluding carboxylic acids is 2. The molecule has 2 bridgehead atoms. The van der Waals surface area contributed by atoms with Crippen LogP contribution in [-0.2, 0) is 4.74 Å². The van der Waals surface area contributed by atoms with Gasteiger partial charge in [0.1, 0.15) is 17.2 Å². The molecular formula is C31H34F2N4O4. The number of fused-ring (bicyclic) bond motifs is 9. The second kappa shape index (κ2) is 10.7. The third-order valence-corrected chi connectivity index (χ3v) is 7.36. The normalized spacial score (nSPS) is 19.4. The lowest BCUT2D eigenvalue weighted by molar-refractivity contribution is -0.0507. The van der Waals surface area contributed by atoms with Crippen molar-refractivity contribution in [2.75, 3.05) is 20.1 Å². The second-order valence-corrected chi connectivity index (χ2v) is 11.2. The molecule has 3 aliphatic heterocycles. The number of rotatable bonds is 2. The maximum atomic E-state index is 13.3. The molecule has 2 amide bonds. The molecule has 0 radical (unpaired) electrons. The fourth-order valence-electron chi connectivity index (χ4n) is 5.59. The summed E-state index contributed by atoms with van der Waals surface area (Å²) in [6, 6.07) is 9.71. The number of alkyl halides is 2. The van der Waals surface area contributed by atoms with Gasteiger partial charge in [0.25, 0.3) is 5.91 Å². The molecule has 2 unspecified atom stereocenters. The van der Waals surface area contributed by atoms with E-state index in [1.807, 2.05) is 57.4 Å². The average Bonchev–Trinajstić information content (AvgIpc) is 3.40. The van der Waals surface area contributed by atoms with Crippen molar-refractivity contribution in [2.24, 2.45) is 5.92 Å². The average molecular weight is 565 g/mol. The van der Waals surface area contributed by atoms with Crippen molar-refractivity contribution < 1.29 is 27.8 Å². The predicted octanol–water partition coefficient (Wildman–Crippen LogP) is 6.00. The minimum absolute atomic E-state index is 0.0000658. The molecule has 1 aromatic heterocycles. The Labute approximate surface area is 238 Å². The first-order valence-electron chi connectivity index (χ1n) is 13.9. The Morgan fingerprint density at radius 3 is 2.54 bits per heavy atom. The molecule has 3 aliphatic rings. The number of ether oxygens (including phenoxy) is 2. The van der Waals surface area contributed by atoms with Gasteiger partial charge in [0.15, 0.2) is 0 Å². The van der Waals surface area contributed by atoms with E-state index >= 15 is 0 Å². The first-order chi connectivity index (χ1) is 19.5. The summed E-state index contributed by atoms with van der Waals surface area (Å²) in [5.74, 6) is 6.96. The van der Waals surface area contributed by atoms with Gasteiger partial charge < -0.3 is 23.8 Å². The molecule has 2 atom stereocenters. The van der Waals surface area contributed by atoms with Crippen LogP contribution in [0.5, 0.6) is 5.75 Å². The van der Waals surface area contributed by atoms with Crippen molar-refractivity contribution in [3.05, 3.63) is 58.9 Å². The quantitative estimate of drug-likeness (QED) is 0.357. The SMILES string of the molecule is CC.CN1C(=O)c2cccc(OC(F)F)c2C2CC1c1nc3ccc(C#CC4CN(C(=O)OC(C)(C)C)C4)cc3n12. The van der Waals surface area contributed by atoms with E-state index in [4.69, 9.17) is 14.5 Å². The van der Waals surface area contributed by atoms with Gasteiger partial charge in [0.2, 0.25) is 0 Å². The van der Waals surface area contributed by atoms with Crippen LogP contribution in [0.25, 0.3) is 11.0 Å². The van der Waals surface area contributed by atoms with Crippen LogP contribution in [0.2, 0.25) is 0 Å². The summed E-state index contributed by atoms with van der Waals surface area (Å²) < 4.78 is 38.9. The number of hydrogen-bond acceptors (Lipinski definition) is 5. The van der Waals surface area contributed by atoms with Gasteiger partial charge in [0.05, 0.1) is 29.0 Å². The Morgan fingerprint density at radius 2 is 1.85 bits per heavy atom. The van der Waals surface area contributed by atoms with Crippen LogP contribution in [0.4, 0.5) is 13.6 Å². The molecule has 3 aromatic rings. The Morgan fingerprint density at radius 1 is 1.12 bits per heavy atom. The summed E-state index contributed by atoms with van der Waals surface area (Å²) in [5.41, 5.74) is 2.59. The summed E-state index contributed by atoms with van der Waals surface area (Å²) in [4.78, 5) is 33.5. The van der Waals surface area contributed by atoms with Crippen LogP contribution < -0.4 is 4.74 Å². The topological polar surface area (TPSA) is 76.9 Å².